The Morgan fingerprint density at radius 1 is 1.64 bits per heavy atom. The van der Waals surface area contributed by atoms with Crippen molar-refractivity contribution in [1.29, 1.82) is 0 Å². The highest BCUT2D eigenvalue weighted by Crippen LogP contribution is 2.28. The summed E-state index contributed by atoms with van der Waals surface area (Å²) in [7, 11) is 0. The third-order valence-corrected chi connectivity index (χ3v) is 1.73. The highest BCUT2D eigenvalue weighted by molar-refractivity contribution is 5.72. The quantitative estimate of drug-likeness (QED) is 0.548. The second-order valence-electron chi connectivity index (χ2n) is 2.92. The molecule has 2 heteroatoms. The third-order valence-electron chi connectivity index (χ3n) is 1.73. The van der Waals surface area contributed by atoms with E-state index in [0.717, 1.165) is 18.2 Å². The largest absolute Gasteiger partial charge is 0.293 e. The van der Waals surface area contributed by atoms with E-state index < -0.39 is 0 Å². The van der Waals surface area contributed by atoms with Gasteiger partial charge in [-0.1, -0.05) is 0 Å². The van der Waals surface area contributed by atoms with Gasteiger partial charge in [-0.05, 0) is 38.5 Å². The maximum Gasteiger partial charge on any atom is 0.0417 e. The van der Waals surface area contributed by atoms with Crippen LogP contribution in [-0.2, 0) is 0 Å². The molecule has 0 atom stereocenters. The fourth-order valence-corrected chi connectivity index (χ4v) is 0.724. The molecule has 1 aliphatic carbocycles. The number of rotatable bonds is 4. The summed E-state index contributed by atoms with van der Waals surface area (Å²) in [6.07, 6.45) is 6.43. The van der Waals surface area contributed by atoms with Gasteiger partial charge in [-0.25, -0.2) is 0 Å². The lowest BCUT2D eigenvalue weighted by Gasteiger charge is -1.86. The number of aliphatic imine (C=N–C) groups is 2. The molecule has 0 radical (unpaired) electrons. The Morgan fingerprint density at radius 3 is 2.91 bits per heavy atom. The molecule has 60 valence electrons. The van der Waals surface area contributed by atoms with E-state index >= 15 is 0 Å². The fraction of sp³-hybridized carbons (Fsp3) is 0.556. The molecular formula is C9H14N2. The number of allylic oxidation sites excluding steroid dienone is 2. The number of nitrogens with zero attached hydrogens (tertiary/aromatic N) is 2. The van der Waals surface area contributed by atoms with E-state index in [-0.39, 0.29) is 0 Å². The minimum absolute atomic E-state index is 0.872. The van der Waals surface area contributed by atoms with Crippen LogP contribution in [0.4, 0.5) is 0 Å². The van der Waals surface area contributed by atoms with Crippen molar-refractivity contribution in [3.05, 3.63) is 11.8 Å². The minimum atomic E-state index is 0.872. The van der Waals surface area contributed by atoms with Crippen molar-refractivity contribution in [3.8, 4) is 0 Å². The van der Waals surface area contributed by atoms with Gasteiger partial charge in [0.15, 0.2) is 0 Å². The lowest BCUT2D eigenvalue weighted by molar-refractivity contribution is 0.852. The van der Waals surface area contributed by atoms with Crippen LogP contribution in [-0.4, -0.2) is 19.5 Å². The normalized spacial score (nSPS) is 19.2. The molecule has 1 fully saturated rings. The first-order valence-electron chi connectivity index (χ1n) is 3.96. The molecule has 2 nitrogen and oxygen atoms in total. The number of hydrogen-bond acceptors (Lipinski definition) is 2. The van der Waals surface area contributed by atoms with Crippen molar-refractivity contribution in [2.45, 2.75) is 19.8 Å². The Balaban J connectivity index is 2.17. The molecule has 0 spiro atoms. The molecule has 0 N–H and O–H groups in total. The van der Waals surface area contributed by atoms with Crippen LogP contribution in [0.3, 0.4) is 0 Å². The second kappa shape index (κ2) is 4.06. The van der Waals surface area contributed by atoms with E-state index in [4.69, 9.17) is 0 Å². The maximum absolute atomic E-state index is 4.23. The van der Waals surface area contributed by atoms with Gasteiger partial charge in [0, 0.05) is 18.5 Å². The molecule has 0 aliphatic heterocycles. The summed E-state index contributed by atoms with van der Waals surface area (Å²) >= 11 is 0. The Kier molecular flexibility index (Phi) is 3.02. The molecule has 0 aromatic carbocycles. The smallest absolute Gasteiger partial charge is 0.0417 e. The van der Waals surface area contributed by atoms with E-state index in [1.54, 1.807) is 0 Å². The van der Waals surface area contributed by atoms with E-state index in [2.05, 4.69) is 16.7 Å². The average molecular weight is 150 g/mol. The van der Waals surface area contributed by atoms with Gasteiger partial charge in [-0.3, -0.25) is 9.98 Å². The zero-order chi connectivity index (χ0) is 8.10. The lowest BCUT2D eigenvalue weighted by Crippen LogP contribution is -1.81. The molecule has 0 bridgehead atoms. The Hall–Kier alpha value is -0.920. The first-order chi connectivity index (χ1) is 5.33. The monoisotopic (exact) mass is 150 g/mol. The second-order valence-corrected chi connectivity index (χ2v) is 2.92. The summed E-state index contributed by atoms with van der Waals surface area (Å²) in [4.78, 5) is 7.97. The summed E-state index contributed by atoms with van der Waals surface area (Å²) in [5.41, 5.74) is 0.921. The predicted molar refractivity (Wildman–Crippen MR) is 49.4 cm³/mol. The summed E-state index contributed by atoms with van der Waals surface area (Å²) in [6.45, 7) is 6.31. The summed E-state index contributed by atoms with van der Waals surface area (Å²) in [5, 5.41) is 0. The van der Waals surface area contributed by atoms with Crippen LogP contribution >= 0.6 is 0 Å². The molecule has 0 unspecified atom stereocenters. The maximum atomic E-state index is 4.23. The topological polar surface area (TPSA) is 24.7 Å². The van der Waals surface area contributed by atoms with Crippen LogP contribution in [0.1, 0.15) is 19.8 Å². The van der Waals surface area contributed by atoms with Crippen molar-refractivity contribution in [3.63, 3.8) is 0 Å². The first kappa shape index (κ1) is 8.18. The van der Waals surface area contributed by atoms with Gasteiger partial charge in [-0.15, -0.1) is 0 Å². The average Bonchev–Trinajstić information content (AvgIpc) is 2.81. The van der Waals surface area contributed by atoms with Gasteiger partial charge < -0.3 is 0 Å². The van der Waals surface area contributed by atoms with Crippen molar-refractivity contribution >= 4 is 12.9 Å². The molecule has 1 saturated carbocycles. The standard InChI is InChI=1S/C9H14N2/c1-8(10-2)5-6-11-7-9-3-4-9/h5-6,9H,2-4,7H2,1H3/b8-5-,11-6?. The Labute approximate surface area is 67.8 Å². The van der Waals surface area contributed by atoms with Gasteiger partial charge >= 0.3 is 0 Å². The van der Waals surface area contributed by atoms with Crippen LogP contribution in [0, 0.1) is 5.92 Å². The van der Waals surface area contributed by atoms with Crippen LogP contribution in [0.25, 0.3) is 0 Å². The Morgan fingerprint density at radius 2 is 2.36 bits per heavy atom. The molecular weight excluding hydrogens is 136 g/mol. The van der Waals surface area contributed by atoms with Gasteiger partial charge in [-0.2, -0.15) is 0 Å². The highest BCUT2D eigenvalue weighted by Gasteiger charge is 2.19. The number of hydrogen-bond donors (Lipinski definition) is 0. The molecule has 11 heavy (non-hydrogen) atoms. The van der Waals surface area contributed by atoms with Crippen molar-refractivity contribution < 1.29 is 0 Å². The van der Waals surface area contributed by atoms with Crippen molar-refractivity contribution in [1.82, 2.24) is 0 Å². The molecule has 0 amide bonds. The molecule has 1 aliphatic rings. The summed E-state index contributed by atoms with van der Waals surface area (Å²) in [5.74, 6) is 0.872. The molecule has 0 aromatic rings. The van der Waals surface area contributed by atoms with Gasteiger partial charge in [0.2, 0.25) is 0 Å². The lowest BCUT2D eigenvalue weighted by atomic mass is 10.4. The van der Waals surface area contributed by atoms with E-state index in [1.807, 2.05) is 19.2 Å². The van der Waals surface area contributed by atoms with E-state index in [0.29, 0.717) is 0 Å². The molecule has 0 heterocycles. The Bertz CT molecular complexity index is 188. The van der Waals surface area contributed by atoms with Crippen LogP contribution in [0.5, 0.6) is 0 Å². The third kappa shape index (κ3) is 3.71. The highest BCUT2D eigenvalue weighted by atomic mass is 14.7. The van der Waals surface area contributed by atoms with Crippen molar-refractivity contribution in [2.75, 3.05) is 6.54 Å². The fourth-order valence-electron chi connectivity index (χ4n) is 0.724. The zero-order valence-corrected chi connectivity index (χ0v) is 6.95. The van der Waals surface area contributed by atoms with Crippen LogP contribution < -0.4 is 0 Å². The van der Waals surface area contributed by atoms with Crippen LogP contribution in [0.2, 0.25) is 0 Å². The molecule has 0 aromatic heterocycles. The summed E-state index contributed by atoms with van der Waals surface area (Å²) < 4.78 is 0. The van der Waals surface area contributed by atoms with Gasteiger partial charge in [0.05, 0.1) is 0 Å². The van der Waals surface area contributed by atoms with E-state index in [9.17, 15) is 0 Å². The van der Waals surface area contributed by atoms with Crippen LogP contribution in [0.15, 0.2) is 21.8 Å². The molecule has 1 rings (SSSR count). The van der Waals surface area contributed by atoms with Gasteiger partial charge in [0.1, 0.15) is 0 Å². The zero-order valence-electron chi connectivity index (χ0n) is 6.95. The molecule has 0 saturated heterocycles. The first-order valence-corrected chi connectivity index (χ1v) is 3.96. The predicted octanol–water partition coefficient (Wildman–Crippen LogP) is 2.07. The SMILES string of the molecule is C=N/C(C)=C\C=NCC1CC1. The minimum Gasteiger partial charge on any atom is -0.293 e. The van der Waals surface area contributed by atoms with Crippen molar-refractivity contribution in [2.24, 2.45) is 15.9 Å². The van der Waals surface area contributed by atoms with Gasteiger partial charge in [0.25, 0.3) is 0 Å². The van der Waals surface area contributed by atoms with E-state index in [1.165, 1.54) is 12.8 Å². The summed E-state index contributed by atoms with van der Waals surface area (Å²) in [6, 6.07) is 0.